The largest absolute Gasteiger partial charge is 0.496 e. The van der Waals surface area contributed by atoms with Gasteiger partial charge in [-0.15, -0.1) is 10.2 Å². The number of amides is 1. The molecule has 1 amide bonds. The predicted molar refractivity (Wildman–Crippen MR) is 96.2 cm³/mol. The SMILES string of the molecule is COc1ccc(Cl)cc1C(=O)N1CC(n2cnnc2-c2cccnc2)C1. The van der Waals surface area contributed by atoms with Crippen molar-refractivity contribution in [2.45, 2.75) is 6.04 Å². The Hall–Kier alpha value is -2.93. The highest BCUT2D eigenvalue weighted by Gasteiger charge is 2.35. The molecule has 0 unspecified atom stereocenters. The zero-order valence-corrected chi connectivity index (χ0v) is 14.8. The van der Waals surface area contributed by atoms with E-state index in [0.29, 0.717) is 29.4 Å². The van der Waals surface area contributed by atoms with E-state index in [1.54, 1.807) is 41.8 Å². The summed E-state index contributed by atoms with van der Waals surface area (Å²) >= 11 is 6.03. The average Bonchev–Trinajstić information content (AvgIpc) is 3.10. The third-order valence-corrected chi connectivity index (χ3v) is 4.66. The predicted octanol–water partition coefficient (Wildman–Crippen LogP) is 2.70. The molecule has 1 saturated heterocycles. The highest BCUT2D eigenvalue weighted by atomic mass is 35.5. The highest BCUT2D eigenvalue weighted by molar-refractivity contribution is 6.31. The van der Waals surface area contributed by atoms with Gasteiger partial charge >= 0.3 is 0 Å². The summed E-state index contributed by atoms with van der Waals surface area (Å²) in [4.78, 5) is 18.6. The van der Waals surface area contributed by atoms with Crippen LogP contribution in [0.2, 0.25) is 5.02 Å². The van der Waals surface area contributed by atoms with Gasteiger partial charge in [-0.1, -0.05) is 11.6 Å². The lowest BCUT2D eigenvalue weighted by molar-refractivity contribution is 0.0519. The first-order valence-electron chi connectivity index (χ1n) is 8.10. The van der Waals surface area contributed by atoms with Crippen molar-refractivity contribution in [2.24, 2.45) is 0 Å². The molecule has 132 valence electrons. The second-order valence-corrected chi connectivity index (χ2v) is 6.45. The summed E-state index contributed by atoms with van der Waals surface area (Å²) in [6.07, 6.45) is 5.15. The van der Waals surface area contributed by atoms with Gasteiger partial charge in [0.1, 0.15) is 12.1 Å². The number of ether oxygens (including phenoxy) is 1. The average molecular weight is 370 g/mol. The number of pyridine rings is 1. The van der Waals surface area contributed by atoms with E-state index in [-0.39, 0.29) is 11.9 Å². The number of carbonyl (C=O) groups excluding carboxylic acids is 1. The maximum absolute atomic E-state index is 12.8. The number of hydrogen-bond acceptors (Lipinski definition) is 5. The van der Waals surface area contributed by atoms with Crippen molar-refractivity contribution >= 4 is 17.5 Å². The summed E-state index contributed by atoms with van der Waals surface area (Å²) < 4.78 is 7.26. The summed E-state index contributed by atoms with van der Waals surface area (Å²) in [7, 11) is 1.54. The smallest absolute Gasteiger partial charge is 0.257 e. The molecule has 4 rings (SSSR count). The maximum atomic E-state index is 12.8. The van der Waals surface area contributed by atoms with Crippen LogP contribution in [0.1, 0.15) is 16.4 Å². The molecule has 2 aromatic heterocycles. The lowest BCUT2D eigenvalue weighted by atomic mass is 10.1. The van der Waals surface area contributed by atoms with Crippen molar-refractivity contribution < 1.29 is 9.53 Å². The fourth-order valence-corrected chi connectivity index (χ4v) is 3.20. The standard InChI is InChI=1S/C18H16ClN5O2/c1-26-16-5-4-13(19)7-15(16)18(25)23-9-14(10-23)24-11-21-22-17(24)12-3-2-6-20-8-12/h2-8,11,14H,9-10H2,1H3. The molecule has 1 aliphatic heterocycles. The molecular weight excluding hydrogens is 354 g/mol. The Morgan fingerprint density at radius 3 is 2.88 bits per heavy atom. The molecule has 0 radical (unpaired) electrons. The van der Waals surface area contributed by atoms with Crippen LogP contribution in [-0.4, -0.2) is 50.8 Å². The molecule has 8 heteroatoms. The van der Waals surface area contributed by atoms with Crippen LogP contribution in [0, 0.1) is 0 Å². The molecule has 0 bridgehead atoms. The summed E-state index contributed by atoms with van der Waals surface area (Å²) in [5, 5.41) is 8.70. The van der Waals surface area contributed by atoms with Gasteiger partial charge in [-0.05, 0) is 30.3 Å². The summed E-state index contributed by atoms with van der Waals surface area (Å²) in [6.45, 7) is 1.14. The number of benzene rings is 1. The summed E-state index contributed by atoms with van der Waals surface area (Å²) in [5.41, 5.74) is 1.36. The fourth-order valence-electron chi connectivity index (χ4n) is 3.03. The van der Waals surface area contributed by atoms with Crippen LogP contribution in [0.5, 0.6) is 5.75 Å². The number of nitrogens with zero attached hydrogens (tertiary/aromatic N) is 5. The Balaban J connectivity index is 1.51. The fraction of sp³-hybridized carbons (Fsp3) is 0.222. The van der Waals surface area contributed by atoms with Crippen molar-refractivity contribution in [1.29, 1.82) is 0 Å². The monoisotopic (exact) mass is 369 g/mol. The lowest BCUT2D eigenvalue weighted by Gasteiger charge is -2.40. The Morgan fingerprint density at radius 2 is 2.15 bits per heavy atom. The van der Waals surface area contributed by atoms with Gasteiger partial charge in [0.25, 0.3) is 5.91 Å². The van der Waals surface area contributed by atoms with E-state index in [4.69, 9.17) is 16.3 Å². The molecule has 26 heavy (non-hydrogen) atoms. The number of likely N-dealkylation sites (tertiary alicyclic amines) is 1. The van der Waals surface area contributed by atoms with Gasteiger partial charge in [0.05, 0.1) is 18.7 Å². The van der Waals surface area contributed by atoms with Crippen molar-refractivity contribution in [1.82, 2.24) is 24.6 Å². The molecule has 7 nitrogen and oxygen atoms in total. The molecule has 1 fully saturated rings. The van der Waals surface area contributed by atoms with Crippen LogP contribution < -0.4 is 4.74 Å². The number of carbonyl (C=O) groups is 1. The quantitative estimate of drug-likeness (QED) is 0.707. The van der Waals surface area contributed by atoms with E-state index in [9.17, 15) is 4.79 Å². The molecular formula is C18H16ClN5O2. The zero-order valence-electron chi connectivity index (χ0n) is 14.0. The first-order chi connectivity index (χ1) is 12.7. The molecule has 3 heterocycles. The Kier molecular flexibility index (Phi) is 4.30. The Bertz CT molecular complexity index is 938. The van der Waals surface area contributed by atoms with E-state index < -0.39 is 0 Å². The third-order valence-electron chi connectivity index (χ3n) is 4.43. The minimum Gasteiger partial charge on any atom is -0.496 e. The third kappa shape index (κ3) is 2.90. The molecule has 0 N–H and O–H groups in total. The molecule has 1 aliphatic rings. The normalized spacial score (nSPS) is 14.2. The topological polar surface area (TPSA) is 73.1 Å². The Morgan fingerprint density at radius 1 is 1.31 bits per heavy atom. The minimum absolute atomic E-state index is 0.100. The molecule has 3 aromatic rings. The van der Waals surface area contributed by atoms with Crippen molar-refractivity contribution in [2.75, 3.05) is 20.2 Å². The second kappa shape index (κ2) is 6.76. The Labute approximate surface area is 155 Å². The number of aromatic nitrogens is 4. The van der Waals surface area contributed by atoms with E-state index in [1.165, 1.54) is 7.11 Å². The molecule has 0 atom stereocenters. The van der Waals surface area contributed by atoms with Crippen LogP contribution >= 0.6 is 11.6 Å². The van der Waals surface area contributed by atoms with Gasteiger partial charge in [0.2, 0.25) is 0 Å². The summed E-state index contributed by atoms with van der Waals surface area (Å²) in [5.74, 6) is 1.16. The lowest BCUT2D eigenvalue weighted by Crippen LogP contribution is -2.50. The van der Waals surface area contributed by atoms with Crippen molar-refractivity contribution in [3.8, 4) is 17.1 Å². The number of methoxy groups -OCH3 is 1. The molecule has 0 aliphatic carbocycles. The molecule has 0 spiro atoms. The van der Waals surface area contributed by atoms with E-state index in [2.05, 4.69) is 15.2 Å². The van der Waals surface area contributed by atoms with Crippen LogP contribution in [0.3, 0.4) is 0 Å². The minimum atomic E-state index is -0.100. The van der Waals surface area contributed by atoms with Gasteiger partial charge in [-0.25, -0.2) is 0 Å². The number of hydrogen-bond donors (Lipinski definition) is 0. The second-order valence-electron chi connectivity index (χ2n) is 6.01. The van der Waals surface area contributed by atoms with Crippen LogP contribution in [0.25, 0.3) is 11.4 Å². The summed E-state index contributed by atoms with van der Waals surface area (Å²) in [6, 6.07) is 8.95. The van der Waals surface area contributed by atoms with Gasteiger partial charge in [-0.2, -0.15) is 0 Å². The first kappa shape index (κ1) is 16.5. The number of rotatable bonds is 4. The van der Waals surface area contributed by atoms with Gasteiger partial charge in [-0.3, -0.25) is 9.78 Å². The van der Waals surface area contributed by atoms with Crippen molar-refractivity contribution in [3.63, 3.8) is 0 Å². The number of halogens is 1. The van der Waals surface area contributed by atoms with E-state index in [1.807, 2.05) is 16.7 Å². The van der Waals surface area contributed by atoms with Crippen LogP contribution in [-0.2, 0) is 0 Å². The maximum Gasteiger partial charge on any atom is 0.257 e. The van der Waals surface area contributed by atoms with Gasteiger partial charge < -0.3 is 14.2 Å². The highest BCUT2D eigenvalue weighted by Crippen LogP contribution is 2.30. The van der Waals surface area contributed by atoms with Gasteiger partial charge in [0.15, 0.2) is 5.82 Å². The molecule has 0 saturated carbocycles. The van der Waals surface area contributed by atoms with Crippen molar-refractivity contribution in [3.05, 3.63) is 59.6 Å². The van der Waals surface area contributed by atoms with E-state index in [0.717, 1.165) is 11.4 Å². The van der Waals surface area contributed by atoms with E-state index >= 15 is 0 Å². The first-order valence-corrected chi connectivity index (χ1v) is 8.48. The molecule has 1 aromatic carbocycles. The van der Waals surface area contributed by atoms with Crippen LogP contribution in [0.4, 0.5) is 0 Å². The van der Waals surface area contributed by atoms with Gasteiger partial charge in [0, 0.05) is 36.1 Å². The van der Waals surface area contributed by atoms with Crippen LogP contribution in [0.15, 0.2) is 49.1 Å². The zero-order chi connectivity index (χ0) is 18.1.